The molecule has 1 aromatic carbocycles. The van der Waals surface area contributed by atoms with Crippen LogP contribution in [0.25, 0.3) is 10.9 Å². The maximum Gasteiger partial charge on any atom is 0.0770 e. The van der Waals surface area contributed by atoms with Crippen molar-refractivity contribution in [2.75, 3.05) is 5.43 Å². The number of hydrazine groups is 1. The van der Waals surface area contributed by atoms with Gasteiger partial charge in [0.05, 0.1) is 16.2 Å². The molecule has 100 valence electrons. The van der Waals surface area contributed by atoms with Gasteiger partial charge in [0.15, 0.2) is 0 Å². The molecular weight excluding hydrogens is 258 g/mol. The van der Waals surface area contributed by atoms with Crippen LogP contribution in [0.5, 0.6) is 0 Å². The molecule has 0 bridgehead atoms. The molecule has 19 heavy (non-hydrogen) atoms. The molecule has 1 saturated carbocycles. The van der Waals surface area contributed by atoms with E-state index in [0.717, 1.165) is 27.8 Å². The minimum absolute atomic E-state index is 0.565. The summed E-state index contributed by atoms with van der Waals surface area (Å²) in [4.78, 5) is 4.85. The first-order chi connectivity index (χ1) is 9.20. The van der Waals surface area contributed by atoms with Crippen molar-refractivity contribution in [3.63, 3.8) is 0 Å². The molecule has 3 nitrogen and oxygen atoms in total. The molecule has 1 aliphatic carbocycles. The van der Waals surface area contributed by atoms with Crippen molar-refractivity contribution < 1.29 is 0 Å². The number of hydrogen-bond donors (Lipinski definition) is 2. The quantitative estimate of drug-likeness (QED) is 0.640. The minimum Gasteiger partial charge on any atom is -0.323 e. The largest absolute Gasteiger partial charge is 0.323 e. The molecule has 3 rings (SSSR count). The summed E-state index contributed by atoms with van der Waals surface area (Å²) in [7, 11) is 0. The van der Waals surface area contributed by atoms with Crippen LogP contribution in [-0.2, 0) is 0 Å². The Morgan fingerprint density at radius 1 is 1.32 bits per heavy atom. The first-order valence-corrected chi connectivity index (χ1v) is 7.15. The van der Waals surface area contributed by atoms with Gasteiger partial charge in [0.1, 0.15) is 0 Å². The number of nitrogen functional groups attached to an aromatic ring is 1. The molecule has 0 atom stereocenters. The number of nitrogens with two attached hydrogens (primary N) is 1. The number of benzene rings is 1. The number of aryl methyl sites for hydroxylation is 1. The lowest BCUT2D eigenvalue weighted by Crippen LogP contribution is -2.10. The first-order valence-electron chi connectivity index (χ1n) is 6.77. The van der Waals surface area contributed by atoms with Crippen LogP contribution in [-0.4, -0.2) is 4.98 Å². The van der Waals surface area contributed by atoms with E-state index in [1.54, 1.807) is 0 Å². The molecular formula is C15H18ClN3. The predicted molar refractivity (Wildman–Crippen MR) is 80.5 cm³/mol. The minimum atomic E-state index is 0.565. The zero-order valence-corrected chi connectivity index (χ0v) is 11.8. The van der Waals surface area contributed by atoms with E-state index in [2.05, 4.69) is 18.4 Å². The lowest BCUT2D eigenvalue weighted by molar-refractivity contribution is 0.701. The fourth-order valence-corrected chi connectivity index (χ4v) is 3.25. The molecule has 1 aromatic heterocycles. The summed E-state index contributed by atoms with van der Waals surface area (Å²) < 4.78 is 0. The molecule has 0 spiro atoms. The molecule has 0 aliphatic heterocycles. The number of halogens is 1. The standard InChI is InChI=1S/C15H18ClN3/c1-9-6-7-11(16)14-13(19-17)8-12(18-15(9)14)10-4-2-3-5-10/h6-8,10H,2-5,17H2,1H3,(H,18,19). The Bertz CT molecular complexity index is 618. The van der Waals surface area contributed by atoms with Gasteiger partial charge in [-0.3, -0.25) is 10.8 Å². The second-order valence-electron chi connectivity index (χ2n) is 5.31. The Kier molecular flexibility index (Phi) is 3.33. The van der Waals surface area contributed by atoms with Crippen LogP contribution in [0.3, 0.4) is 0 Å². The molecule has 1 heterocycles. The SMILES string of the molecule is Cc1ccc(Cl)c2c(NN)cc(C3CCCC3)nc12. The summed E-state index contributed by atoms with van der Waals surface area (Å²) in [5, 5.41) is 1.62. The summed E-state index contributed by atoms with van der Waals surface area (Å²) in [5.41, 5.74) is 6.89. The van der Waals surface area contributed by atoms with E-state index in [1.165, 1.54) is 25.7 Å². The van der Waals surface area contributed by atoms with Gasteiger partial charge in [-0.25, -0.2) is 0 Å². The van der Waals surface area contributed by atoms with Gasteiger partial charge in [0.2, 0.25) is 0 Å². The third kappa shape index (κ3) is 2.17. The topological polar surface area (TPSA) is 50.9 Å². The highest BCUT2D eigenvalue weighted by atomic mass is 35.5. The molecule has 0 unspecified atom stereocenters. The zero-order valence-electron chi connectivity index (χ0n) is 11.0. The van der Waals surface area contributed by atoms with E-state index in [4.69, 9.17) is 22.4 Å². The number of nitrogens with one attached hydrogen (secondary N) is 1. The molecule has 1 aliphatic rings. The number of nitrogens with zero attached hydrogens (tertiary/aromatic N) is 1. The normalized spacial score (nSPS) is 16.2. The van der Waals surface area contributed by atoms with Crippen molar-refractivity contribution in [3.8, 4) is 0 Å². The maximum atomic E-state index is 6.29. The highest BCUT2D eigenvalue weighted by Crippen LogP contribution is 2.38. The van der Waals surface area contributed by atoms with Gasteiger partial charge < -0.3 is 5.43 Å². The van der Waals surface area contributed by atoms with Crippen molar-refractivity contribution in [1.82, 2.24) is 4.98 Å². The Morgan fingerprint density at radius 3 is 2.74 bits per heavy atom. The second-order valence-corrected chi connectivity index (χ2v) is 5.72. The van der Waals surface area contributed by atoms with Crippen LogP contribution in [0.15, 0.2) is 18.2 Å². The maximum absolute atomic E-state index is 6.29. The van der Waals surface area contributed by atoms with E-state index in [9.17, 15) is 0 Å². The Labute approximate surface area is 118 Å². The molecule has 0 saturated heterocycles. The third-order valence-corrected chi connectivity index (χ3v) is 4.38. The molecule has 3 N–H and O–H groups in total. The number of pyridine rings is 1. The molecule has 0 radical (unpaired) electrons. The van der Waals surface area contributed by atoms with Gasteiger partial charge in [-0.15, -0.1) is 0 Å². The van der Waals surface area contributed by atoms with E-state index < -0.39 is 0 Å². The summed E-state index contributed by atoms with van der Waals surface area (Å²) in [6, 6.07) is 5.97. The van der Waals surface area contributed by atoms with Crippen LogP contribution in [0.4, 0.5) is 5.69 Å². The van der Waals surface area contributed by atoms with E-state index in [0.29, 0.717) is 10.9 Å². The Balaban J connectivity index is 2.24. The third-order valence-electron chi connectivity index (χ3n) is 4.06. The van der Waals surface area contributed by atoms with Gasteiger partial charge in [-0.2, -0.15) is 0 Å². The fraction of sp³-hybridized carbons (Fsp3) is 0.400. The summed E-state index contributed by atoms with van der Waals surface area (Å²) in [6.07, 6.45) is 5.04. The highest BCUT2D eigenvalue weighted by molar-refractivity contribution is 6.36. The summed E-state index contributed by atoms with van der Waals surface area (Å²) >= 11 is 6.29. The van der Waals surface area contributed by atoms with Gasteiger partial charge in [0.25, 0.3) is 0 Å². The first kappa shape index (κ1) is 12.7. The van der Waals surface area contributed by atoms with Gasteiger partial charge in [-0.05, 0) is 37.5 Å². The Hall–Kier alpha value is -1.32. The van der Waals surface area contributed by atoms with E-state index in [-0.39, 0.29) is 0 Å². The van der Waals surface area contributed by atoms with Crippen molar-refractivity contribution in [1.29, 1.82) is 0 Å². The molecule has 0 amide bonds. The second kappa shape index (κ2) is 4.99. The fourth-order valence-electron chi connectivity index (χ4n) is 3.00. The van der Waals surface area contributed by atoms with Crippen molar-refractivity contribution in [2.24, 2.45) is 5.84 Å². The average Bonchev–Trinajstić information content (AvgIpc) is 2.96. The highest BCUT2D eigenvalue weighted by Gasteiger charge is 2.20. The summed E-state index contributed by atoms with van der Waals surface area (Å²) in [6.45, 7) is 2.06. The molecule has 2 aromatic rings. The van der Waals surface area contributed by atoms with Gasteiger partial charge >= 0.3 is 0 Å². The van der Waals surface area contributed by atoms with E-state index in [1.807, 2.05) is 12.1 Å². The number of aromatic nitrogens is 1. The van der Waals surface area contributed by atoms with Crippen LogP contribution in [0, 0.1) is 6.92 Å². The average molecular weight is 276 g/mol. The lowest BCUT2D eigenvalue weighted by atomic mass is 10.0. The Morgan fingerprint density at radius 2 is 2.05 bits per heavy atom. The molecule has 1 fully saturated rings. The number of hydrogen-bond acceptors (Lipinski definition) is 3. The lowest BCUT2D eigenvalue weighted by Gasteiger charge is -2.15. The van der Waals surface area contributed by atoms with Crippen molar-refractivity contribution in [3.05, 3.63) is 34.5 Å². The number of anilines is 1. The smallest absolute Gasteiger partial charge is 0.0770 e. The molecule has 4 heteroatoms. The van der Waals surface area contributed by atoms with Crippen LogP contribution in [0.2, 0.25) is 5.02 Å². The van der Waals surface area contributed by atoms with Crippen LogP contribution >= 0.6 is 11.6 Å². The predicted octanol–water partition coefficient (Wildman–Crippen LogP) is 4.14. The van der Waals surface area contributed by atoms with Crippen molar-refractivity contribution >= 4 is 28.2 Å². The monoisotopic (exact) mass is 275 g/mol. The van der Waals surface area contributed by atoms with Crippen LogP contribution in [0.1, 0.15) is 42.9 Å². The zero-order chi connectivity index (χ0) is 13.4. The van der Waals surface area contributed by atoms with Crippen molar-refractivity contribution in [2.45, 2.75) is 38.5 Å². The van der Waals surface area contributed by atoms with E-state index >= 15 is 0 Å². The summed E-state index contributed by atoms with van der Waals surface area (Å²) in [5.74, 6) is 6.23. The van der Waals surface area contributed by atoms with Crippen LogP contribution < -0.4 is 11.3 Å². The van der Waals surface area contributed by atoms with Gasteiger partial charge in [-0.1, -0.05) is 30.5 Å². The number of rotatable bonds is 2. The van der Waals surface area contributed by atoms with Gasteiger partial charge in [0, 0.05) is 17.0 Å². The number of fused-ring (bicyclic) bond motifs is 1.